The van der Waals surface area contributed by atoms with E-state index in [9.17, 15) is 17.8 Å². The summed E-state index contributed by atoms with van der Waals surface area (Å²) >= 11 is 6.74. The maximum Gasteiger partial charge on any atom is 0.296 e. The highest BCUT2D eigenvalue weighted by Gasteiger charge is 2.47. The maximum atomic E-state index is 12.9. The lowest BCUT2D eigenvalue weighted by molar-refractivity contribution is -0.127. The Kier molecular flexibility index (Phi) is 5.30. The molecule has 6 nitrogen and oxygen atoms in total. The Hall–Kier alpha value is -1.74. The molecule has 4 rings (SSSR count). The smallest absolute Gasteiger partial charge is 0.296 e. The Morgan fingerprint density at radius 1 is 1.14 bits per heavy atom. The first-order chi connectivity index (χ1) is 13.3. The van der Waals surface area contributed by atoms with Crippen LogP contribution in [0, 0.1) is 0 Å². The molecule has 1 atom stereocenters. The fraction of sp³-hybridized carbons (Fsp3) is 0.316. The zero-order chi connectivity index (χ0) is 19.9. The first-order valence-electron chi connectivity index (χ1n) is 8.86. The summed E-state index contributed by atoms with van der Waals surface area (Å²) < 4.78 is 37.8. The Bertz CT molecular complexity index is 1020. The topological polar surface area (TPSA) is 87.8 Å². The van der Waals surface area contributed by atoms with Gasteiger partial charge in [0.15, 0.2) is 0 Å². The zero-order valence-corrected chi connectivity index (χ0v) is 17.1. The minimum atomic E-state index is -4.41. The molecular formula is C19H18ClNO5S2. The van der Waals surface area contributed by atoms with Gasteiger partial charge in [-0.2, -0.15) is 8.42 Å². The number of halogens is 1. The summed E-state index contributed by atoms with van der Waals surface area (Å²) in [5, 5.41) is 0.619. The molecule has 1 aromatic carbocycles. The lowest BCUT2D eigenvalue weighted by Gasteiger charge is -2.27. The van der Waals surface area contributed by atoms with Crippen LogP contribution in [0.1, 0.15) is 31.4 Å². The molecule has 1 aliphatic heterocycles. The standard InChI is InChI=1S/C19H18ClNO5S2/c20-13-7-5-12(6-8-13)16-10-9-15(26-16)11-17-18(22)21(14-3-1-2-4-14)19(27-17)28(23,24)25/h5-11,14,19H,1-4H2,(H,23,24,25)/b17-11-. The molecule has 2 fully saturated rings. The number of hydrogen-bond acceptors (Lipinski definition) is 5. The van der Waals surface area contributed by atoms with Crippen LogP contribution in [0.3, 0.4) is 0 Å². The van der Waals surface area contributed by atoms with Crippen molar-refractivity contribution in [2.45, 2.75) is 36.4 Å². The van der Waals surface area contributed by atoms with Gasteiger partial charge in [-0.15, -0.1) is 0 Å². The summed E-state index contributed by atoms with van der Waals surface area (Å²) in [7, 11) is -4.41. The van der Waals surface area contributed by atoms with Gasteiger partial charge in [-0.25, -0.2) is 0 Å². The highest BCUT2D eigenvalue weighted by molar-refractivity contribution is 8.15. The minimum Gasteiger partial charge on any atom is -0.457 e. The van der Waals surface area contributed by atoms with Crippen LogP contribution in [0.5, 0.6) is 0 Å². The van der Waals surface area contributed by atoms with Crippen molar-refractivity contribution in [3.8, 4) is 11.3 Å². The molecule has 0 bridgehead atoms. The van der Waals surface area contributed by atoms with Crippen molar-refractivity contribution in [2.24, 2.45) is 0 Å². The van der Waals surface area contributed by atoms with Gasteiger partial charge in [0.2, 0.25) is 4.71 Å². The van der Waals surface area contributed by atoms with Crippen molar-refractivity contribution in [1.82, 2.24) is 4.90 Å². The van der Waals surface area contributed by atoms with Crippen LogP contribution in [0.15, 0.2) is 45.7 Å². The number of furan rings is 1. The molecule has 28 heavy (non-hydrogen) atoms. The Labute approximate surface area is 172 Å². The summed E-state index contributed by atoms with van der Waals surface area (Å²) in [5.74, 6) is 0.657. The number of rotatable bonds is 4. The number of amides is 1. The highest BCUT2D eigenvalue weighted by atomic mass is 35.5. The van der Waals surface area contributed by atoms with Gasteiger partial charge in [-0.3, -0.25) is 9.35 Å². The van der Waals surface area contributed by atoms with E-state index in [4.69, 9.17) is 16.0 Å². The van der Waals surface area contributed by atoms with E-state index in [1.54, 1.807) is 24.3 Å². The predicted molar refractivity (Wildman–Crippen MR) is 109 cm³/mol. The summed E-state index contributed by atoms with van der Waals surface area (Å²) in [6, 6.07) is 10.5. The van der Waals surface area contributed by atoms with E-state index in [2.05, 4.69) is 0 Å². The fourth-order valence-electron chi connectivity index (χ4n) is 3.59. The number of benzene rings is 1. The van der Waals surface area contributed by atoms with Gasteiger partial charge in [0.05, 0.1) is 4.91 Å². The Morgan fingerprint density at radius 2 is 1.82 bits per heavy atom. The average Bonchev–Trinajstić information content (AvgIpc) is 3.37. The van der Waals surface area contributed by atoms with Crippen molar-refractivity contribution >= 4 is 45.5 Å². The van der Waals surface area contributed by atoms with Crippen LogP contribution >= 0.6 is 23.4 Å². The van der Waals surface area contributed by atoms with E-state index in [-0.39, 0.29) is 16.9 Å². The third-order valence-corrected chi connectivity index (χ3v) is 7.88. The summed E-state index contributed by atoms with van der Waals surface area (Å²) in [6.07, 6.45) is 4.90. The van der Waals surface area contributed by atoms with E-state index < -0.39 is 14.8 Å². The van der Waals surface area contributed by atoms with Crippen molar-refractivity contribution < 1.29 is 22.2 Å². The number of hydrogen-bond donors (Lipinski definition) is 1. The molecule has 0 spiro atoms. The van der Waals surface area contributed by atoms with Crippen LogP contribution in [0.25, 0.3) is 17.4 Å². The second kappa shape index (κ2) is 7.59. The van der Waals surface area contributed by atoms with Gasteiger partial charge in [0.25, 0.3) is 16.0 Å². The molecule has 1 unspecified atom stereocenters. The Morgan fingerprint density at radius 3 is 2.46 bits per heavy atom. The van der Waals surface area contributed by atoms with Gasteiger partial charge in [0.1, 0.15) is 11.5 Å². The number of carbonyl (C=O) groups is 1. The lowest BCUT2D eigenvalue weighted by atomic mass is 10.2. The van der Waals surface area contributed by atoms with Crippen LogP contribution in [-0.2, 0) is 14.9 Å². The first kappa shape index (κ1) is 19.6. The third kappa shape index (κ3) is 3.87. The highest BCUT2D eigenvalue weighted by Crippen LogP contribution is 2.43. The first-order valence-corrected chi connectivity index (χ1v) is 11.6. The number of thioether (sulfide) groups is 1. The molecule has 2 heterocycles. The molecule has 148 valence electrons. The molecule has 1 aromatic heterocycles. The van der Waals surface area contributed by atoms with Gasteiger partial charge >= 0.3 is 0 Å². The van der Waals surface area contributed by atoms with Crippen LogP contribution in [-0.4, -0.2) is 34.5 Å². The third-order valence-electron chi connectivity index (χ3n) is 4.90. The molecule has 2 aliphatic rings. The van der Waals surface area contributed by atoms with Gasteiger partial charge in [-0.05, 0) is 49.2 Å². The molecule has 1 aliphatic carbocycles. The molecule has 1 saturated carbocycles. The molecule has 1 N–H and O–H groups in total. The van der Waals surface area contributed by atoms with Crippen molar-refractivity contribution in [3.63, 3.8) is 0 Å². The summed E-state index contributed by atoms with van der Waals surface area (Å²) in [5.41, 5.74) is 0.836. The molecule has 9 heteroatoms. The van der Waals surface area contributed by atoms with E-state index in [0.29, 0.717) is 16.5 Å². The Balaban J connectivity index is 1.62. The van der Waals surface area contributed by atoms with E-state index in [1.165, 1.54) is 11.0 Å². The van der Waals surface area contributed by atoms with Crippen LogP contribution in [0.4, 0.5) is 0 Å². The minimum absolute atomic E-state index is 0.168. The van der Waals surface area contributed by atoms with E-state index >= 15 is 0 Å². The summed E-state index contributed by atoms with van der Waals surface area (Å²) in [4.78, 5) is 14.4. The number of nitrogens with zero attached hydrogens (tertiary/aromatic N) is 1. The van der Waals surface area contributed by atoms with Gasteiger partial charge in [0, 0.05) is 22.7 Å². The molecule has 0 radical (unpaired) electrons. The molecule has 1 amide bonds. The quantitative estimate of drug-likeness (QED) is 0.552. The van der Waals surface area contributed by atoms with Crippen LogP contribution in [0.2, 0.25) is 5.02 Å². The second-order valence-electron chi connectivity index (χ2n) is 6.81. The molecule has 1 saturated heterocycles. The van der Waals surface area contributed by atoms with Gasteiger partial charge < -0.3 is 9.32 Å². The van der Waals surface area contributed by atoms with Crippen LogP contribution < -0.4 is 0 Å². The van der Waals surface area contributed by atoms with Crippen molar-refractivity contribution in [3.05, 3.63) is 52.1 Å². The number of carbonyl (C=O) groups excluding carboxylic acids is 1. The molecular weight excluding hydrogens is 422 g/mol. The maximum absolute atomic E-state index is 12.9. The lowest BCUT2D eigenvalue weighted by Crippen LogP contribution is -2.43. The normalized spacial score (nSPS) is 22.5. The molecule has 2 aromatic rings. The van der Waals surface area contributed by atoms with E-state index in [1.807, 2.05) is 12.1 Å². The second-order valence-corrected chi connectivity index (χ2v) is 10.1. The van der Waals surface area contributed by atoms with Gasteiger partial charge in [-0.1, -0.05) is 36.2 Å². The fourth-order valence-corrected chi connectivity index (χ4v) is 6.06. The van der Waals surface area contributed by atoms with Crippen molar-refractivity contribution in [1.29, 1.82) is 0 Å². The summed E-state index contributed by atoms with van der Waals surface area (Å²) in [6.45, 7) is 0. The SMILES string of the molecule is O=C1/C(=C/c2ccc(-c3ccc(Cl)cc3)o2)SC(S(=O)(=O)O)N1C1CCCC1. The van der Waals surface area contributed by atoms with Crippen molar-refractivity contribution in [2.75, 3.05) is 0 Å². The van der Waals surface area contributed by atoms with E-state index in [0.717, 1.165) is 43.0 Å². The largest absolute Gasteiger partial charge is 0.457 e. The predicted octanol–water partition coefficient (Wildman–Crippen LogP) is 4.63. The zero-order valence-electron chi connectivity index (χ0n) is 14.7. The monoisotopic (exact) mass is 439 g/mol. The average molecular weight is 440 g/mol.